The molecule has 0 fully saturated rings. The summed E-state index contributed by atoms with van der Waals surface area (Å²) in [5, 5.41) is 0. The molecule has 0 atom stereocenters. The van der Waals surface area contributed by atoms with Crippen LogP contribution in [0.5, 0.6) is 5.75 Å². The largest absolute Gasteiger partial charge is 0.494 e. The molecule has 3 heteroatoms. The Morgan fingerprint density at radius 1 is 1.29 bits per heavy atom. The van der Waals surface area contributed by atoms with Crippen molar-refractivity contribution >= 4 is 11.9 Å². The highest BCUT2D eigenvalue weighted by Crippen LogP contribution is 2.30. The van der Waals surface area contributed by atoms with Crippen LogP contribution in [0.1, 0.15) is 11.3 Å². The molecular weight excluding hydrogens is 214 g/mol. The Balaban J connectivity index is 2.13. The first-order chi connectivity index (χ1) is 8.31. The summed E-state index contributed by atoms with van der Waals surface area (Å²) >= 11 is 0. The van der Waals surface area contributed by atoms with Crippen LogP contribution < -0.4 is 4.74 Å². The van der Waals surface area contributed by atoms with Gasteiger partial charge in [-0.2, -0.15) is 0 Å². The second kappa shape index (κ2) is 5.34. The molecule has 0 radical (unpaired) electrons. The molecular formula is C14H15NO2. The lowest BCUT2D eigenvalue weighted by Gasteiger charge is -2.06. The third kappa shape index (κ3) is 2.75. The van der Waals surface area contributed by atoms with E-state index in [1.54, 1.807) is 13.4 Å². The predicted octanol–water partition coefficient (Wildman–Crippen LogP) is 3.54. The monoisotopic (exact) mass is 229 g/mol. The number of hydrogen-bond donors (Lipinski definition) is 0. The first-order valence-corrected chi connectivity index (χ1v) is 5.50. The van der Waals surface area contributed by atoms with Gasteiger partial charge >= 0.3 is 0 Å². The number of nitrogens with zero attached hydrogens (tertiary/aromatic N) is 1. The van der Waals surface area contributed by atoms with Crippen LogP contribution in [-0.2, 0) is 6.42 Å². The van der Waals surface area contributed by atoms with Gasteiger partial charge in [0.1, 0.15) is 17.2 Å². The lowest BCUT2D eigenvalue weighted by atomic mass is 10.2. The summed E-state index contributed by atoms with van der Waals surface area (Å²) in [6, 6.07) is 9.71. The molecule has 0 aliphatic rings. The van der Waals surface area contributed by atoms with Gasteiger partial charge in [0.05, 0.1) is 13.4 Å². The maximum atomic E-state index is 5.33. The summed E-state index contributed by atoms with van der Waals surface area (Å²) < 4.78 is 10.6. The summed E-state index contributed by atoms with van der Waals surface area (Å²) in [5.41, 5.74) is 1.93. The van der Waals surface area contributed by atoms with Crippen LogP contribution in [0.4, 0.5) is 5.69 Å². The number of benzene rings is 1. The summed E-state index contributed by atoms with van der Waals surface area (Å²) in [6.45, 7) is 2.00. The Morgan fingerprint density at radius 2 is 2.18 bits per heavy atom. The summed E-state index contributed by atoms with van der Waals surface area (Å²) in [5.74, 6) is 1.73. The SMILES string of the molecule is COc1c(C)cccc1N=CCc1ccco1. The number of aryl methyl sites for hydroxylation is 1. The van der Waals surface area contributed by atoms with E-state index in [1.165, 1.54) is 0 Å². The van der Waals surface area contributed by atoms with Crippen LogP contribution in [0, 0.1) is 6.92 Å². The molecule has 0 bridgehead atoms. The maximum Gasteiger partial charge on any atom is 0.147 e. The molecule has 0 aliphatic heterocycles. The molecule has 2 rings (SSSR count). The van der Waals surface area contributed by atoms with Gasteiger partial charge < -0.3 is 9.15 Å². The fourth-order valence-corrected chi connectivity index (χ4v) is 1.67. The van der Waals surface area contributed by atoms with E-state index < -0.39 is 0 Å². The average Bonchev–Trinajstić information content (AvgIpc) is 2.82. The van der Waals surface area contributed by atoms with Crippen molar-refractivity contribution in [2.75, 3.05) is 7.11 Å². The number of rotatable bonds is 4. The molecule has 2 aromatic rings. The van der Waals surface area contributed by atoms with Crippen LogP contribution >= 0.6 is 0 Å². The normalized spacial score (nSPS) is 10.9. The van der Waals surface area contributed by atoms with Crippen molar-refractivity contribution in [3.8, 4) is 5.75 Å². The molecule has 0 spiro atoms. The molecule has 1 aromatic carbocycles. The molecule has 1 aromatic heterocycles. The van der Waals surface area contributed by atoms with E-state index in [-0.39, 0.29) is 0 Å². The van der Waals surface area contributed by atoms with Crippen LogP contribution in [0.2, 0.25) is 0 Å². The smallest absolute Gasteiger partial charge is 0.147 e. The summed E-state index contributed by atoms with van der Waals surface area (Å²) in [7, 11) is 1.66. The number of hydrogen-bond acceptors (Lipinski definition) is 3. The first kappa shape index (κ1) is 11.5. The van der Waals surface area contributed by atoms with E-state index in [0.29, 0.717) is 6.42 Å². The molecule has 0 saturated carbocycles. The quantitative estimate of drug-likeness (QED) is 0.751. The van der Waals surface area contributed by atoms with E-state index in [4.69, 9.17) is 9.15 Å². The fourth-order valence-electron chi connectivity index (χ4n) is 1.67. The van der Waals surface area contributed by atoms with Crippen LogP contribution in [-0.4, -0.2) is 13.3 Å². The maximum absolute atomic E-state index is 5.33. The Bertz CT molecular complexity index is 501. The third-order valence-corrected chi connectivity index (χ3v) is 2.50. The molecule has 3 nitrogen and oxygen atoms in total. The zero-order chi connectivity index (χ0) is 12.1. The molecule has 0 saturated heterocycles. The van der Waals surface area contributed by atoms with Crippen molar-refractivity contribution in [2.45, 2.75) is 13.3 Å². The molecule has 1 heterocycles. The number of aliphatic imine (C=N–C) groups is 1. The summed E-state index contributed by atoms with van der Waals surface area (Å²) in [6.07, 6.45) is 4.18. The van der Waals surface area contributed by atoms with Gasteiger partial charge in [-0.1, -0.05) is 12.1 Å². The van der Waals surface area contributed by atoms with Crippen molar-refractivity contribution in [1.29, 1.82) is 0 Å². The van der Waals surface area contributed by atoms with E-state index in [2.05, 4.69) is 4.99 Å². The zero-order valence-electron chi connectivity index (χ0n) is 10.0. The average molecular weight is 229 g/mol. The lowest BCUT2D eigenvalue weighted by molar-refractivity contribution is 0.413. The first-order valence-electron chi connectivity index (χ1n) is 5.50. The van der Waals surface area contributed by atoms with Crippen molar-refractivity contribution in [1.82, 2.24) is 0 Å². The molecule has 0 N–H and O–H groups in total. The Labute approximate surface area is 101 Å². The minimum Gasteiger partial charge on any atom is -0.494 e. The van der Waals surface area contributed by atoms with Crippen molar-refractivity contribution < 1.29 is 9.15 Å². The minimum atomic E-state index is 0.685. The summed E-state index contributed by atoms with van der Waals surface area (Å²) in [4.78, 5) is 4.40. The number of para-hydroxylation sites is 1. The zero-order valence-corrected chi connectivity index (χ0v) is 10.0. The van der Waals surface area contributed by atoms with E-state index in [1.807, 2.05) is 43.5 Å². The van der Waals surface area contributed by atoms with Gasteiger partial charge in [0, 0.05) is 12.6 Å². The van der Waals surface area contributed by atoms with E-state index >= 15 is 0 Å². The van der Waals surface area contributed by atoms with Gasteiger partial charge in [-0.05, 0) is 30.7 Å². The van der Waals surface area contributed by atoms with Gasteiger partial charge in [0.15, 0.2) is 0 Å². The van der Waals surface area contributed by atoms with E-state index in [9.17, 15) is 0 Å². The number of methoxy groups -OCH3 is 1. The Hall–Kier alpha value is -2.03. The van der Waals surface area contributed by atoms with Crippen molar-refractivity contribution in [2.24, 2.45) is 4.99 Å². The van der Waals surface area contributed by atoms with Crippen LogP contribution in [0.3, 0.4) is 0 Å². The molecule has 88 valence electrons. The van der Waals surface area contributed by atoms with Gasteiger partial charge in [-0.3, -0.25) is 4.99 Å². The van der Waals surface area contributed by atoms with Crippen LogP contribution in [0.15, 0.2) is 46.0 Å². The Kier molecular flexibility index (Phi) is 3.60. The van der Waals surface area contributed by atoms with Crippen molar-refractivity contribution in [3.63, 3.8) is 0 Å². The Morgan fingerprint density at radius 3 is 2.88 bits per heavy atom. The molecule has 0 aliphatic carbocycles. The van der Waals surface area contributed by atoms with Gasteiger partial charge in [0.25, 0.3) is 0 Å². The highest BCUT2D eigenvalue weighted by Gasteiger charge is 2.03. The fraction of sp³-hybridized carbons (Fsp3) is 0.214. The third-order valence-electron chi connectivity index (χ3n) is 2.50. The molecule has 0 amide bonds. The van der Waals surface area contributed by atoms with E-state index in [0.717, 1.165) is 22.8 Å². The topological polar surface area (TPSA) is 34.7 Å². The second-order valence-corrected chi connectivity index (χ2v) is 3.72. The van der Waals surface area contributed by atoms with Crippen LogP contribution in [0.25, 0.3) is 0 Å². The lowest BCUT2D eigenvalue weighted by Crippen LogP contribution is -1.88. The minimum absolute atomic E-state index is 0.685. The van der Waals surface area contributed by atoms with Crippen molar-refractivity contribution in [3.05, 3.63) is 47.9 Å². The second-order valence-electron chi connectivity index (χ2n) is 3.72. The predicted molar refractivity (Wildman–Crippen MR) is 68.3 cm³/mol. The highest BCUT2D eigenvalue weighted by molar-refractivity contribution is 5.69. The number of ether oxygens (including phenoxy) is 1. The standard InChI is InChI=1S/C14H15NO2/c1-11-5-3-7-13(14(11)16-2)15-9-8-12-6-4-10-17-12/h3-7,9-10H,8H2,1-2H3. The van der Waals surface area contributed by atoms with Gasteiger partial charge in [-0.15, -0.1) is 0 Å². The van der Waals surface area contributed by atoms with Gasteiger partial charge in [0.2, 0.25) is 0 Å². The molecule has 17 heavy (non-hydrogen) atoms. The molecule has 0 unspecified atom stereocenters. The number of furan rings is 1. The highest BCUT2D eigenvalue weighted by atomic mass is 16.5. The van der Waals surface area contributed by atoms with Gasteiger partial charge in [-0.25, -0.2) is 0 Å².